The summed E-state index contributed by atoms with van der Waals surface area (Å²) in [4.78, 5) is 29.3. The topological polar surface area (TPSA) is 91.9 Å². The van der Waals surface area contributed by atoms with E-state index in [1.54, 1.807) is 49.6 Å². The summed E-state index contributed by atoms with van der Waals surface area (Å²) in [5.41, 5.74) is 1.20. The Labute approximate surface area is 153 Å². The Morgan fingerprint density at radius 2 is 1.93 bits per heavy atom. The lowest BCUT2D eigenvalue weighted by Crippen LogP contribution is -2.25. The first kappa shape index (κ1) is 16.6. The molecule has 8 nitrogen and oxygen atoms in total. The number of aromatic nitrogens is 5. The summed E-state index contributed by atoms with van der Waals surface area (Å²) in [6.45, 7) is -0.113. The van der Waals surface area contributed by atoms with Gasteiger partial charge in [-0.3, -0.25) is 14.2 Å². The van der Waals surface area contributed by atoms with Gasteiger partial charge in [0.2, 0.25) is 0 Å². The van der Waals surface area contributed by atoms with Gasteiger partial charge in [0.1, 0.15) is 12.1 Å². The van der Waals surface area contributed by atoms with Gasteiger partial charge in [-0.1, -0.05) is 41.6 Å². The van der Waals surface area contributed by atoms with E-state index in [0.717, 1.165) is 0 Å². The molecule has 0 saturated carbocycles. The van der Waals surface area contributed by atoms with Gasteiger partial charge >= 0.3 is 0 Å². The van der Waals surface area contributed by atoms with E-state index in [-0.39, 0.29) is 17.8 Å². The Morgan fingerprint density at radius 1 is 1.11 bits per heavy atom. The molecule has 4 aromatic rings. The average Bonchev–Trinajstić information content (AvgIpc) is 3.15. The van der Waals surface area contributed by atoms with E-state index in [4.69, 9.17) is 4.74 Å². The van der Waals surface area contributed by atoms with E-state index in [0.29, 0.717) is 22.6 Å². The predicted molar refractivity (Wildman–Crippen MR) is 98.2 cm³/mol. The van der Waals surface area contributed by atoms with Crippen molar-refractivity contribution >= 4 is 16.9 Å². The molecule has 0 amide bonds. The Kier molecular flexibility index (Phi) is 4.21. The molecular weight excluding hydrogens is 346 g/mol. The number of nitrogens with zero attached hydrogens (tertiary/aromatic N) is 5. The molecule has 134 valence electrons. The Hall–Kier alpha value is -3.81. The van der Waals surface area contributed by atoms with E-state index >= 15 is 0 Å². The summed E-state index contributed by atoms with van der Waals surface area (Å²) in [5, 5.41) is 7.99. The number of rotatable bonds is 5. The summed E-state index contributed by atoms with van der Waals surface area (Å²) >= 11 is 0. The van der Waals surface area contributed by atoms with Gasteiger partial charge in [0.25, 0.3) is 5.56 Å². The summed E-state index contributed by atoms with van der Waals surface area (Å²) in [7, 11) is 1.57. The lowest BCUT2D eigenvalue weighted by molar-refractivity contribution is 0.0970. The predicted octanol–water partition coefficient (Wildman–Crippen LogP) is 1.87. The first-order valence-electron chi connectivity index (χ1n) is 8.21. The highest BCUT2D eigenvalue weighted by molar-refractivity contribution is 5.95. The van der Waals surface area contributed by atoms with Crippen LogP contribution in [0.15, 0.2) is 65.7 Å². The minimum Gasteiger partial charge on any atom is -0.497 e. The van der Waals surface area contributed by atoms with Gasteiger partial charge in [-0.15, -0.1) is 5.10 Å². The molecule has 4 rings (SSSR count). The zero-order valence-electron chi connectivity index (χ0n) is 14.4. The zero-order chi connectivity index (χ0) is 18.8. The first-order valence-corrected chi connectivity index (χ1v) is 8.21. The fourth-order valence-electron chi connectivity index (χ4n) is 2.74. The van der Waals surface area contributed by atoms with Crippen LogP contribution in [0.5, 0.6) is 5.75 Å². The number of carbonyl (C=O) groups is 1. The number of fused-ring (bicyclic) bond motifs is 1. The van der Waals surface area contributed by atoms with Crippen molar-refractivity contribution in [2.75, 3.05) is 7.11 Å². The van der Waals surface area contributed by atoms with Crippen molar-refractivity contribution in [2.24, 2.45) is 0 Å². The van der Waals surface area contributed by atoms with E-state index in [1.165, 1.54) is 15.6 Å². The van der Waals surface area contributed by atoms with Crippen LogP contribution in [0.4, 0.5) is 0 Å². The highest BCUT2D eigenvalue weighted by atomic mass is 16.5. The van der Waals surface area contributed by atoms with Gasteiger partial charge in [0.05, 0.1) is 19.3 Å². The second-order valence-corrected chi connectivity index (χ2v) is 5.84. The zero-order valence-corrected chi connectivity index (χ0v) is 14.4. The molecule has 2 aromatic carbocycles. The molecular formula is C19H15N5O3. The van der Waals surface area contributed by atoms with Gasteiger partial charge in [-0.05, 0) is 12.1 Å². The summed E-state index contributed by atoms with van der Waals surface area (Å²) in [6.07, 6.45) is 1.34. The van der Waals surface area contributed by atoms with Crippen LogP contribution >= 0.6 is 0 Å². The Morgan fingerprint density at radius 3 is 2.70 bits per heavy atom. The third kappa shape index (κ3) is 3.08. The molecule has 0 saturated heterocycles. The monoisotopic (exact) mass is 361 g/mol. The fraction of sp³-hybridized carbons (Fsp3) is 0.105. The Balaban J connectivity index is 1.71. The summed E-state index contributed by atoms with van der Waals surface area (Å²) < 4.78 is 7.91. The van der Waals surface area contributed by atoms with Crippen LogP contribution in [0.3, 0.4) is 0 Å². The minimum atomic E-state index is -0.418. The SMILES string of the molecule is COc1cccc(-n2nnc3c(=O)n(CC(=O)c4ccccc4)cnc32)c1. The summed E-state index contributed by atoms with van der Waals surface area (Å²) in [6, 6.07) is 16.0. The molecule has 0 bridgehead atoms. The van der Waals surface area contributed by atoms with Gasteiger partial charge in [-0.2, -0.15) is 4.68 Å². The highest BCUT2D eigenvalue weighted by Crippen LogP contribution is 2.17. The lowest BCUT2D eigenvalue weighted by Gasteiger charge is -2.06. The van der Waals surface area contributed by atoms with E-state index in [1.807, 2.05) is 12.1 Å². The van der Waals surface area contributed by atoms with Crippen molar-refractivity contribution in [2.45, 2.75) is 6.54 Å². The van der Waals surface area contributed by atoms with Gasteiger partial charge in [0.15, 0.2) is 16.9 Å². The van der Waals surface area contributed by atoms with Crippen LogP contribution in [-0.4, -0.2) is 37.4 Å². The summed E-state index contributed by atoms with van der Waals surface area (Å²) in [5.74, 6) is 0.469. The van der Waals surface area contributed by atoms with Gasteiger partial charge in [-0.25, -0.2) is 4.98 Å². The molecule has 2 aromatic heterocycles. The number of hydrogen-bond donors (Lipinski definition) is 0. The normalized spacial score (nSPS) is 10.9. The van der Waals surface area contributed by atoms with Crippen LogP contribution < -0.4 is 10.3 Å². The molecule has 0 unspecified atom stereocenters. The number of ether oxygens (including phenoxy) is 1. The minimum absolute atomic E-state index is 0.0983. The molecule has 0 atom stereocenters. The van der Waals surface area contributed by atoms with Crippen molar-refractivity contribution < 1.29 is 9.53 Å². The van der Waals surface area contributed by atoms with Crippen molar-refractivity contribution in [1.82, 2.24) is 24.5 Å². The van der Waals surface area contributed by atoms with Crippen LogP contribution in [-0.2, 0) is 6.54 Å². The van der Waals surface area contributed by atoms with Crippen LogP contribution in [0, 0.1) is 0 Å². The number of hydrogen-bond acceptors (Lipinski definition) is 6. The van der Waals surface area contributed by atoms with Gasteiger partial charge in [0, 0.05) is 11.6 Å². The maximum atomic E-state index is 12.7. The quantitative estimate of drug-likeness (QED) is 0.504. The molecule has 0 radical (unpaired) electrons. The van der Waals surface area contributed by atoms with Crippen LogP contribution in [0.25, 0.3) is 16.9 Å². The largest absolute Gasteiger partial charge is 0.497 e. The lowest BCUT2D eigenvalue weighted by atomic mass is 10.1. The number of benzene rings is 2. The van der Waals surface area contributed by atoms with Crippen LogP contribution in [0.1, 0.15) is 10.4 Å². The average molecular weight is 361 g/mol. The molecule has 0 aliphatic heterocycles. The van der Waals surface area contributed by atoms with E-state index < -0.39 is 5.56 Å². The van der Waals surface area contributed by atoms with Crippen molar-refractivity contribution in [1.29, 1.82) is 0 Å². The van der Waals surface area contributed by atoms with Crippen molar-refractivity contribution in [3.8, 4) is 11.4 Å². The molecule has 0 aliphatic rings. The molecule has 0 N–H and O–H groups in total. The number of methoxy groups -OCH3 is 1. The third-order valence-corrected chi connectivity index (χ3v) is 4.14. The van der Waals surface area contributed by atoms with Crippen molar-refractivity contribution in [3.63, 3.8) is 0 Å². The van der Waals surface area contributed by atoms with E-state index in [2.05, 4.69) is 15.3 Å². The third-order valence-electron chi connectivity index (χ3n) is 4.14. The van der Waals surface area contributed by atoms with Crippen molar-refractivity contribution in [3.05, 3.63) is 76.8 Å². The molecule has 27 heavy (non-hydrogen) atoms. The first-order chi connectivity index (χ1) is 13.2. The smallest absolute Gasteiger partial charge is 0.283 e. The second kappa shape index (κ2) is 6.83. The number of carbonyl (C=O) groups excluding carboxylic acids is 1. The fourth-order valence-corrected chi connectivity index (χ4v) is 2.74. The van der Waals surface area contributed by atoms with Gasteiger partial charge < -0.3 is 4.74 Å². The molecule has 0 spiro atoms. The molecule has 0 aliphatic carbocycles. The highest BCUT2D eigenvalue weighted by Gasteiger charge is 2.15. The maximum absolute atomic E-state index is 12.7. The molecule has 2 heterocycles. The second-order valence-electron chi connectivity index (χ2n) is 5.84. The van der Waals surface area contributed by atoms with E-state index in [9.17, 15) is 9.59 Å². The standard InChI is InChI=1S/C19H15N5O3/c1-27-15-9-5-8-14(10-15)24-18-17(21-22-24)19(26)23(12-20-18)11-16(25)13-6-3-2-4-7-13/h2-10,12H,11H2,1H3. The molecule has 8 heteroatoms. The maximum Gasteiger partial charge on any atom is 0.283 e. The number of ketones is 1. The Bertz CT molecular complexity index is 1180. The number of Topliss-reactive ketones (excluding diaryl/α,β-unsaturated/α-hetero) is 1. The van der Waals surface area contributed by atoms with Crippen LogP contribution in [0.2, 0.25) is 0 Å². The molecule has 0 fully saturated rings.